The number of esters is 1. The zero-order chi connectivity index (χ0) is 17.5. The van der Waals surface area contributed by atoms with Gasteiger partial charge in [0.1, 0.15) is 0 Å². The van der Waals surface area contributed by atoms with Crippen molar-refractivity contribution in [2.24, 2.45) is 0 Å². The minimum atomic E-state index is -0.578. The maximum Gasteiger partial charge on any atom is 0.340 e. The van der Waals surface area contributed by atoms with Crippen LogP contribution in [0.15, 0.2) is 42.5 Å². The molecule has 0 heterocycles. The van der Waals surface area contributed by atoms with E-state index >= 15 is 0 Å². The Balaban J connectivity index is 2.30. The van der Waals surface area contributed by atoms with Crippen LogP contribution in [-0.2, 0) is 16.0 Å². The lowest BCUT2D eigenvalue weighted by molar-refractivity contribution is -0.115. The molecule has 0 aliphatic rings. The molecule has 0 saturated carbocycles. The Kier molecular flexibility index (Phi) is 5.78. The first-order valence-electron chi connectivity index (χ1n) is 7.27. The molecule has 0 bridgehead atoms. The normalized spacial score (nSPS) is 9.96. The van der Waals surface area contributed by atoms with E-state index in [0.29, 0.717) is 17.2 Å². The van der Waals surface area contributed by atoms with Crippen molar-refractivity contribution in [3.8, 4) is 11.5 Å². The zero-order valence-corrected chi connectivity index (χ0v) is 13.8. The molecule has 0 aromatic heterocycles. The third-order valence-electron chi connectivity index (χ3n) is 3.41. The molecule has 0 aliphatic carbocycles. The Morgan fingerprint density at radius 1 is 0.958 bits per heavy atom. The summed E-state index contributed by atoms with van der Waals surface area (Å²) in [5.41, 5.74) is 1.37. The van der Waals surface area contributed by atoms with Gasteiger partial charge < -0.3 is 19.5 Å². The number of methoxy groups -OCH3 is 3. The van der Waals surface area contributed by atoms with Crippen LogP contribution >= 0.6 is 0 Å². The zero-order valence-electron chi connectivity index (χ0n) is 13.8. The molecule has 2 rings (SSSR count). The fourth-order valence-corrected chi connectivity index (χ4v) is 2.24. The van der Waals surface area contributed by atoms with E-state index in [1.165, 1.54) is 33.5 Å². The summed E-state index contributed by atoms with van der Waals surface area (Å²) in [6.45, 7) is 0. The summed E-state index contributed by atoms with van der Waals surface area (Å²) in [5, 5.41) is 2.72. The Morgan fingerprint density at radius 2 is 1.58 bits per heavy atom. The highest BCUT2D eigenvalue weighted by molar-refractivity contribution is 6.02. The molecule has 24 heavy (non-hydrogen) atoms. The molecule has 0 saturated heterocycles. The van der Waals surface area contributed by atoms with Crippen LogP contribution in [0.2, 0.25) is 0 Å². The summed E-state index contributed by atoms with van der Waals surface area (Å²) in [5.74, 6) is -0.0522. The molecule has 6 heteroatoms. The number of carbonyl (C=O) groups excluding carboxylic acids is 2. The van der Waals surface area contributed by atoms with Crippen molar-refractivity contribution in [1.82, 2.24) is 0 Å². The van der Waals surface area contributed by atoms with Crippen molar-refractivity contribution in [3.05, 3.63) is 53.6 Å². The Morgan fingerprint density at radius 3 is 2.17 bits per heavy atom. The molecular weight excluding hydrogens is 310 g/mol. The van der Waals surface area contributed by atoms with E-state index in [4.69, 9.17) is 14.2 Å². The molecule has 126 valence electrons. The first-order valence-corrected chi connectivity index (χ1v) is 7.27. The molecule has 1 N–H and O–H groups in total. The predicted octanol–water partition coefficient (Wildman–Crippen LogP) is 2.67. The predicted molar refractivity (Wildman–Crippen MR) is 89.7 cm³/mol. The van der Waals surface area contributed by atoms with Crippen LogP contribution in [0.1, 0.15) is 15.9 Å². The van der Waals surface area contributed by atoms with Crippen LogP contribution < -0.4 is 14.8 Å². The molecule has 0 atom stereocenters. The second kappa shape index (κ2) is 8.01. The minimum absolute atomic E-state index is 0.190. The number of anilines is 1. The second-order valence-corrected chi connectivity index (χ2v) is 4.95. The first kappa shape index (κ1) is 17.3. The lowest BCUT2D eigenvalue weighted by atomic mass is 10.1. The average Bonchev–Trinajstić information content (AvgIpc) is 2.61. The standard InChI is InChI=1S/C18H19NO5/c1-22-15-10-13(18(21)24-3)14(11-16(15)23-2)19-17(20)9-12-7-5-4-6-8-12/h4-8,10-11H,9H2,1-3H3,(H,19,20). The quantitative estimate of drug-likeness (QED) is 0.825. The van der Waals surface area contributed by atoms with Crippen molar-refractivity contribution in [2.75, 3.05) is 26.6 Å². The van der Waals surface area contributed by atoms with E-state index in [1.54, 1.807) is 0 Å². The molecule has 2 aromatic carbocycles. The Hall–Kier alpha value is -3.02. The lowest BCUT2D eigenvalue weighted by Crippen LogP contribution is -2.17. The van der Waals surface area contributed by atoms with E-state index in [9.17, 15) is 9.59 Å². The van der Waals surface area contributed by atoms with Gasteiger partial charge in [-0.05, 0) is 5.56 Å². The van der Waals surface area contributed by atoms with E-state index in [1.807, 2.05) is 30.3 Å². The number of rotatable bonds is 6. The molecule has 0 aliphatic heterocycles. The number of hydrogen-bond acceptors (Lipinski definition) is 5. The smallest absolute Gasteiger partial charge is 0.340 e. The first-order chi connectivity index (χ1) is 11.6. The molecule has 6 nitrogen and oxygen atoms in total. The van der Waals surface area contributed by atoms with Gasteiger partial charge in [0.05, 0.1) is 39.0 Å². The average molecular weight is 329 g/mol. The highest BCUT2D eigenvalue weighted by atomic mass is 16.5. The fraction of sp³-hybridized carbons (Fsp3) is 0.222. The number of nitrogens with one attached hydrogen (secondary N) is 1. The van der Waals surface area contributed by atoms with Gasteiger partial charge in [0.25, 0.3) is 0 Å². The Bertz CT molecular complexity index is 728. The van der Waals surface area contributed by atoms with Crippen molar-refractivity contribution in [3.63, 3.8) is 0 Å². The molecule has 0 spiro atoms. The molecule has 0 radical (unpaired) electrons. The van der Waals surface area contributed by atoms with Gasteiger partial charge >= 0.3 is 5.97 Å². The lowest BCUT2D eigenvalue weighted by Gasteiger charge is -2.14. The van der Waals surface area contributed by atoms with Gasteiger partial charge in [-0.2, -0.15) is 0 Å². The summed E-state index contributed by atoms with van der Waals surface area (Å²) < 4.78 is 15.2. The van der Waals surface area contributed by atoms with Crippen molar-refractivity contribution in [2.45, 2.75) is 6.42 Å². The van der Waals surface area contributed by atoms with Crippen LogP contribution in [0.5, 0.6) is 11.5 Å². The van der Waals surface area contributed by atoms with Crippen LogP contribution in [0.3, 0.4) is 0 Å². The minimum Gasteiger partial charge on any atom is -0.493 e. The van der Waals surface area contributed by atoms with Gasteiger partial charge in [-0.3, -0.25) is 4.79 Å². The molecule has 1 amide bonds. The third kappa shape index (κ3) is 4.04. The monoisotopic (exact) mass is 329 g/mol. The van der Waals surface area contributed by atoms with Gasteiger partial charge in [0, 0.05) is 12.1 Å². The van der Waals surface area contributed by atoms with Crippen molar-refractivity contribution >= 4 is 17.6 Å². The summed E-state index contributed by atoms with van der Waals surface area (Å²) in [6, 6.07) is 12.3. The van der Waals surface area contributed by atoms with Crippen LogP contribution in [0, 0.1) is 0 Å². The molecule has 0 fully saturated rings. The van der Waals surface area contributed by atoms with E-state index < -0.39 is 5.97 Å². The van der Waals surface area contributed by atoms with Crippen LogP contribution in [-0.4, -0.2) is 33.2 Å². The maximum absolute atomic E-state index is 12.3. The topological polar surface area (TPSA) is 73.9 Å². The van der Waals surface area contributed by atoms with E-state index in [-0.39, 0.29) is 17.9 Å². The van der Waals surface area contributed by atoms with Gasteiger partial charge in [0.2, 0.25) is 5.91 Å². The van der Waals surface area contributed by atoms with Gasteiger partial charge in [-0.1, -0.05) is 30.3 Å². The third-order valence-corrected chi connectivity index (χ3v) is 3.41. The van der Waals surface area contributed by atoms with Crippen molar-refractivity contribution < 1.29 is 23.8 Å². The fourth-order valence-electron chi connectivity index (χ4n) is 2.24. The number of amides is 1. The molecular formula is C18H19NO5. The maximum atomic E-state index is 12.3. The van der Waals surface area contributed by atoms with Crippen molar-refractivity contribution in [1.29, 1.82) is 0 Å². The van der Waals surface area contributed by atoms with E-state index in [2.05, 4.69) is 5.32 Å². The molecule has 2 aromatic rings. The van der Waals surface area contributed by atoms with Gasteiger partial charge in [-0.15, -0.1) is 0 Å². The highest BCUT2D eigenvalue weighted by Gasteiger charge is 2.19. The largest absolute Gasteiger partial charge is 0.493 e. The summed E-state index contributed by atoms with van der Waals surface area (Å²) in [7, 11) is 4.21. The SMILES string of the molecule is COC(=O)c1cc(OC)c(OC)cc1NC(=O)Cc1ccccc1. The number of carbonyl (C=O) groups is 2. The summed E-state index contributed by atoms with van der Waals surface area (Å²) in [4.78, 5) is 24.2. The highest BCUT2D eigenvalue weighted by Crippen LogP contribution is 2.33. The number of ether oxygens (including phenoxy) is 3. The Labute approximate surface area is 140 Å². The summed E-state index contributed by atoms with van der Waals surface area (Å²) >= 11 is 0. The van der Waals surface area contributed by atoms with Crippen LogP contribution in [0.4, 0.5) is 5.69 Å². The summed E-state index contributed by atoms with van der Waals surface area (Å²) in [6.07, 6.45) is 0.190. The van der Waals surface area contributed by atoms with Gasteiger partial charge in [-0.25, -0.2) is 4.79 Å². The number of benzene rings is 2. The number of hydrogen-bond donors (Lipinski definition) is 1. The van der Waals surface area contributed by atoms with E-state index in [0.717, 1.165) is 5.56 Å². The molecule has 0 unspecified atom stereocenters. The van der Waals surface area contributed by atoms with Crippen LogP contribution in [0.25, 0.3) is 0 Å². The second-order valence-electron chi connectivity index (χ2n) is 4.95. The van der Waals surface area contributed by atoms with Gasteiger partial charge in [0.15, 0.2) is 11.5 Å².